The highest BCUT2D eigenvalue weighted by atomic mass is 32.2. The van der Waals surface area contributed by atoms with Gasteiger partial charge in [0.15, 0.2) is 5.78 Å². The highest BCUT2D eigenvalue weighted by molar-refractivity contribution is 7.87. The molecule has 0 aliphatic rings. The van der Waals surface area contributed by atoms with Crippen LogP contribution >= 0.6 is 0 Å². The second kappa shape index (κ2) is 4.72. The second-order valence-corrected chi connectivity index (χ2v) is 5.78. The van der Waals surface area contributed by atoms with Crippen LogP contribution in [0.1, 0.15) is 20.8 Å². The lowest BCUT2D eigenvalue weighted by Crippen LogP contribution is -2.28. The summed E-state index contributed by atoms with van der Waals surface area (Å²) in [6.07, 6.45) is 0. The first-order valence-electron chi connectivity index (χ1n) is 3.77. The van der Waals surface area contributed by atoms with Crippen LogP contribution < -0.4 is 0 Å². The first-order valence-corrected chi connectivity index (χ1v) is 5.09. The Morgan fingerprint density at radius 3 is 2.25 bits per heavy atom. The van der Waals surface area contributed by atoms with Gasteiger partial charge in [0.25, 0.3) is 0 Å². The number of Topliss-reactive ketones (excluding diaryl/α,β-unsaturated/α-hetero) is 1. The summed E-state index contributed by atoms with van der Waals surface area (Å²) in [5, 5.41) is 0. The molecule has 0 rings (SSSR count). The van der Waals surface area contributed by atoms with Gasteiger partial charge in [0.1, 0.15) is 6.61 Å². The lowest BCUT2D eigenvalue weighted by Gasteiger charge is -2.16. The molecule has 0 fully saturated rings. The molecule has 0 saturated heterocycles. The van der Waals surface area contributed by atoms with Crippen LogP contribution in [-0.4, -0.2) is 34.2 Å². The highest BCUT2D eigenvalue weighted by Crippen LogP contribution is 2.10. The Balaban J connectivity index is 3.94. The molecule has 0 saturated carbocycles. The predicted octanol–water partition coefficient (Wildman–Crippen LogP) is 0.749. The topological polar surface area (TPSA) is 43.4 Å². The third-order valence-corrected chi connectivity index (χ3v) is 3.23. The van der Waals surface area contributed by atoms with Crippen LogP contribution in [0.3, 0.4) is 0 Å². The van der Waals surface area contributed by atoms with Gasteiger partial charge in [-0.1, -0.05) is 0 Å². The van der Waals surface area contributed by atoms with Crippen molar-refractivity contribution in [3.63, 3.8) is 0 Å². The second-order valence-electron chi connectivity index (χ2n) is 3.57. The SMILES string of the molecule is COCC(=O)CS(=O)C(C)(C)C. The predicted molar refractivity (Wildman–Crippen MR) is 49.6 cm³/mol. The van der Waals surface area contributed by atoms with Crippen molar-refractivity contribution in [2.45, 2.75) is 25.5 Å². The van der Waals surface area contributed by atoms with Crippen LogP contribution in [0, 0.1) is 0 Å². The molecule has 0 aromatic heterocycles. The van der Waals surface area contributed by atoms with E-state index >= 15 is 0 Å². The Labute approximate surface area is 75.9 Å². The van der Waals surface area contributed by atoms with Crippen molar-refractivity contribution >= 4 is 16.6 Å². The number of hydrogen-bond acceptors (Lipinski definition) is 3. The third-order valence-electron chi connectivity index (χ3n) is 1.28. The molecular formula is C8H16O3S. The quantitative estimate of drug-likeness (QED) is 0.660. The lowest BCUT2D eigenvalue weighted by atomic mass is 10.3. The average Bonchev–Trinajstić information content (AvgIpc) is 1.85. The van der Waals surface area contributed by atoms with E-state index in [1.54, 1.807) is 0 Å². The molecule has 1 atom stereocenters. The summed E-state index contributed by atoms with van der Waals surface area (Å²) >= 11 is 0. The van der Waals surface area contributed by atoms with Gasteiger partial charge in [-0.05, 0) is 20.8 Å². The van der Waals surface area contributed by atoms with E-state index < -0.39 is 10.8 Å². The van der Waals surface area contributed by atoms with Crippen LogP contribution in [0.25, 0.3) is 0 Å². The van der Waals surface area contributed by atoms with Crippen molar-refractivity contribution < 1.29 is 13.7 Å². The molecule has 0 aromatic carbocycles. The Kier molecular flexibility index (Phi) is 4.63. The number of methoxy groups -OCH3 is 1. The summed E-state index contributed by atoms with van der Waals surface area (Å²) in [5.41, 5.74) is 0. The molecule has 12 heavy (non-hydrogen) atoms. The maximum absolute atomic E-state index is 11.4. The fourth-order valence-electron chi connectivity index (χ4n) is 0.565. The van der Waals surface area contributed by atoms with Gasteiger partial charge in [0, 0.05) is 22.7 Å². The van der Waals surface area contributed by atoms with Crippen LogP contribution in [0.5, 0.6) is 0 Å². The van der Waals surface area contributed by atoms with E-state index in [1.165, 1.54) is 7.11 Å². The maximum Gasteiger partial charge on any atom is 0.170 e. The number of rotatable bonds is 4. The fourth-order valence-corrected chi connectivity index (χ4v) is 1.37. The van der Waals surface area contributed by atoms with E-state index in [2.05, 4.69) is 4.74 Å². The standard InChI is InChI=1S/C8H16O3S/c1-8(2,3)12(10)6-7(9)5-11-4/h5-6H2,1-4H3. The van der Waals surface area contributed by atoms with E-state index in [0.29, 0.717) is 0 Å². The average molecular weight is 192 g/mol. The Hall–Kier alpha value is -0.220. The lowest BCUT2D eigenvalue weighted by molar-refractivity contribution is -0.120. The summed E-state index contributed by atoms with van der Waals surface area (Å²) < 4.78 is 15.7. The highest BCUT2D eigenvalue weighted by Gasteiger charge is 2.21. The zero-order chi connectivity index (χ0) is 9.78. The van der Waals surface area contributed by atoms with E-state index in [1.807, 2.05) is 20.8 Å². The van der Waals surface area contributed by atoms with Crippen LogP contribution in [-0.2, 0) is 20.3 Å². The van der Waals surface area contributed by atoms with Gasteiger partial charge in [-0.25, -0.2) is 0 Å². The van der Waals surface area contributed by atoms with Gasteiger partial charge >= 0.3 is 0 Å². The van der Waals surface area contributed by atoms with Crippen molar-refractivity contribution in [1.29, 1.82) is 0 Å². The molecule has 0 bridgehead atoms. The number of hydrogen-bond donors (Lipinski definition) is 0. The summed E-state index contributed by atoms with van der Waals surface area (Å²) in [6.45, 7) is 5.61. The Bertz CT molecular complexity index is 181. The van der Waals surface area contributed by atoms with Crippen molar-refractivity contribution in [1.82, 2.24) is 0 Å². The van der Waals surface area contributed by atoms with Gasteiger partial charge in [-0.3, -0.25) is 9.00 Å². The monoisotopic (exact) mass is 192 g/mol. The summed E-state index contributed by atoms with van der Waals surface area (Å²) in [7, 11) is 0.358. The minimum Gasteiger partial charge on any atom is -0.377 e. The first kappa shape index (κ1) is 11.8. The molecule has 0 aromatic rings. The van der Waals surface area contributed by atoms with Gasteiger partial charge in [0.2, 0.25) is 0 Å². The van der Waals surface area contributed by atoms with Crippen LogP contribution in [0.4, 0.5) is 0 Å². The summed E-state index contributed by atoms with van der Waals surface area (Å²) in [6, 6.07) is 0. The number of ether oxygens (including phenoxy) is 1. The zero-order valence-electron chi connectivity index (χ0n) is 8.05. The smallest absolute Gasteiger partial charge is 0.170 e. The molecule has 0 aliphatic heterocycles. The third kappa shape index (κ3) is 4.62. The largest absolute Gasteiger partial charge is 0.377 e. The molecule has 0 radical (unpaired) electrons. The van der Waals surface area contributed by atoms with Gasteiger partial charge in [-0.2, -0.15) is 0 Å². The molecule has 0 heterocycles. The van der Waals surface area contributed by atoms with Crippen LogP contribution in [0.15, 0.2) is 0 Å². The van der Waals surface area contributed by atoms with Crippen molar-refractivity contribution in [2.24, 2.45) is 0 Å². The van der Waals surface area contributed by atoms with Gasteiger partial charge in [-0.15, -0.1) is 0 Å². The molecule has 0 amide bonds. The Morgan fingerprint density at radius 1 is 1.42 bits per heavy atom. The molecule has 0 aliphatic carbocycles. The number of carbonyl (C=O) groups excluding carboxylic acids is 1. The van der Waals surface area contributed by atoms with Gasteiger partial charge in [0.05, 0.1) is 5.75 Å². The summed E-state index contributed by atoms with van der Waals surface area (Å²) in [5.74, 6) is -0.0112. The normalized spacial score (nSPS) is 14.3. The first-order chi connectivity index (χ1) is 5.38. The van der Waals surface area contributed by atoms with Gasteiger partial charge < -0.3 is 4.74 Å². The Morgan fingerprint density at radius 2 is 1.92 bits per heavy atom. The molecule has 1 unspecified atom stereocenters. The van der Waals surface area contributed by atoms with E-state index in [9.17, 15) is 9.00 Å². The van der Waals surface area contributed by atoms with Crippen LogP contribution in [0.2, 0.25) is 0 Å². The molecule has 3 nitrogen and oxygen atoms in total. The molecule has 0 N–H and O–H groups in total. The van der Waals surface area contributed by atoms with Crippen molar-refractivity contribution in [2.75, 3.05) is 19.5 Å². The molecule has 0 spiro atoms. The molecular weight excluding hydrogens is 176 g/mol. The van der Waals surface area contributed by atoms with Crippen molar-refractivity contribution in [3.8, 4) is 0 Å². The zero-order valence-corrected chi connectivity index (χ0v) is 8.86. The van der Waals surface area contributed by atoms with Crippen molar-refractivity contribution in [3.05, 3.63) is 0 Å². The van der Waals surface area contributed by atoms with E-state index in [0.717, 1.165) is 0 Å². The fraction of sp³-hybridized carbons (Fsp3) is 0.875. The number of carbonyl (C=O) groups is 1. The van der Waals surface area contributed by atoms with E-state index in [4.69, 9.17) is 0 Å². The van der Waals surface area contributed by atoms with E-state index in [-0.39, 0.29) is 22.9 Å². The maximum atomic E-state index is 11.4. The summed E-state index contributed by atoms with van der Waals surface area (Å²) in [4.78, 5) is 11.0. The number of ketones is 1. The minimum absolute atomic E-state index is 0.0574. The molecule has 4 heteroatoms. The molecule has 72 valence electrons. The minimum atomic E-state index is -1.10.